The van der Waals surface area contributed by atoms with Gasteiger partial charge in [-0.1, -0.05) is 66.7 Å². The van der Waals surface area contributed by atoms with Gasteiger partial charge in [-0.25, -0.2) is 4.79 Å². The molecule has 2 heterocycles. The van der Waals surface area contributed by atoms with Gasteiger partial charge in [0, 0.05) is 18.0 Å². The number of hydrogen-bond acceptors (Lipinski definition) is 4. The number of aryl methyl sites for hydroxylation is 1. The van der Waals surface area contributed by atoms with E-state index >= 15 is 0 Å². The minimum absolute atomic E-state index is 0.347. The Morgan fingerprint density at radius 3 is 2.07 bits per heavy atom. The van der Waals surface area contributed by atoms with Crippen molar-refractivity contribution in [1.29, 1.82) is 0 Å². The van der Waals surface area contributed by atoms with E-state index in [9.17, 15) is 4.79 Å². The molecule has 0 fully saturated rings. The third kappa shape index (κ3) is 3.23. The molecule has 29 heavy (non-hydrogen) atoms. The summed E-state index contributed by atoms with van der Waals surface area (Å²) in [6.45, 7) is 0. The zero-order chi connectivity index (χ0) is 19.8. The van der Waals surface area contributed by atoms with Crippen LogP contribution in [0.3, 0.4) is 0 Å². The normalized spacial score (nSPS) is 11.1. The van der Waals surface area contributed by atoms with Gasteiger partial charge in [0.05, 0.1) is 11.8 Å². The zero-order valence-electron chi connectivity index (χ0n) is 15.7. The van der Waals surface area contributed by atoms with Crippen molar-refractivity contribution in [1.82, 2.24) is 15.0 Å². The smallest absolute Gasteiger partial charge is 0.344 e. The highest BCUT2D eigenvalue weighted by molar-refractivity contribution is 5.85. The highest BCUT2D eigenvalue weighted by atomic mass is 16.4. The Hall–Kier alpha value is -3.99. The first-order valence-corrected chi connectivity index (χ1v) is 9.28. The number of hydrogen-bond donors (Lipinski definition) is 0. The topological polar surface area (TPSA) is 60.9 Å². The Balaban J connectivity index is 0.000000255. The molecule has 2 aliphatic carbocycles. The molecule has 2 aliphatic rings. The largest absolute Gasteiger partial charge is 0.422 e. The van der Waals surface area contributed by atoms with Crippen LogP contribution in [0.15, 0.2) is 94.3 Å². The Labute approximate surface area is 166 Å². The number of rotatable bonds is 2. The summed E-state index contributed by atoms with van der Waals surface area (Å²) in [5.41, 5.74) is 6.06. The van der Waals surface area contributed by atoms with Gasteiger partial charge in [-0.05, 0) is 28.8 Å². The van der Waals surface area contributed by atoms with Crippen LogP contribution < -0.4 is 5.63 Å². The van der Waals surface area contributed by atoms with Crippen molar-refractivity contribution >= 4 is 11.0 Å². The third-order valence-electron chi connectivity index (χ3n) is 4.93. The molecule has 6 rings (SSSR count). The molecule has 2 aromatic carbocycles. The molecule has 0 atom stereocenters. The van der Waals surface area contributed by atoms with Crippen LogP contribution in [-0.4, -0.2) is 15.0 Å². The molecular weight excluding hydrogens is 362 g/mol. The minimum atomic E-state index is -0.347. The van der Waals surface area contributed by atoms with Gasteiger partial charge in [-0.15, -0.1) is 0 Å². The average molecular weight is 379 g/mol. The molecule has 0 N–H and O–H groups in total. The van der Waals surface area contributed by atoms with E-state index in [-0.39, 0.29) is 5.63 Å². The van der Waals surface area contributed by atoms with Gasteiger partial charge in [0.1, 0.15) is 11.3 Å². The Kier molecular flexibility index (Phi) is 4.06. The SMILES string of the molecule is Cn1ncc(-c2ccc3cc(-c4ccccc4)c(=O)oc3c2)n1.c1cc2ccc1-2. The van der Waals surface area contributed by atoms with Gasteiger partial charge in [0.25, 0.3) is 0 Å². The highest BCUT2D eigenvalue weighted by Gasteiger charge is 2.10. The summed E-state index contributed by atoms with van der Waals surface area (Å²) in [7, 11) is 1.76. The van der Waals surface area contributed by atoms with E-state index in [4.69, 9.17) is 4.42 Å². The number of fused-ring (bicyclic) bond motifs is 2. The molecule has 0 aliphatic heterocycles. The van der Waals surface area contributed by atoms with Crippen molar-refractivity contribution in [3.8, 4) is 33.5 Å². The van der Waals surface area contributed by atoms with Crippen LogP contribution in [-0.2, 0) is 7.05 Å². The second-order valence-electron chi connectivity index (χ2n) is 6.86. The van der Waals surface area contributed by atoms with Gasteiger partial charge >= 0.3 is 5.63 Å². The molecule has 0 saturated carbocycles. The molecule has 5 nitrogen and oxygen atoms in total. The summed E-state index contributed by atoms with van der Waals surface area (Å²) in [4.78, 5) is 13.8. The first-order valence-electron chi connectivity index (χ1n) is 9.28. The Bertz CT molecular complexity index is 1350. The fourth-order valence-corrected chi connectivity index (χ4v) is 3.23. The predicted molar refractivity (Wildman–Crippen MR) is 113 cm³/mol. The average Bonchev–Trinajstić information content (AvgIpc) is 3.17. The van der Waals surface area contributed by atoms with E-state index in [1.165, 1.54) is 15.9 Å². The summed E-state index contributed by atoms with van der Waals surface area (Å²) >= 11 is 0. The molecule has 4 aromatic rings. The van der Waals surface area contributed by atoms with Crippen molar-refractivity contribution in [2.75, 3.05) is 0 Å². The van der Waals surface area contributed by atoms with Gasteiger partial charge in [-0.3, -0.25) is 0 Å². The lowest BCUT2D eigenvalue weighted by molar-refractivity contribution is 0.563. The fraction of sp³-hybridized carbons (Fsp3) is 0.0417. The number of benzene rings is 3. The lowest BCUT2D eigenvalue weighted by Gasteiger charge is -2.10. The van der Waals surface area contributed by atoms with E-state index in [0.29, 0.717) is 11.1 Å². The number of aromatic nitrogens is 3. The van der Waals surface area contributed by atoms with Crippen LogP contribution in [0.1, 0.15) is 0 Å². The molecule has 0 saturated heterocycles. The summed E-state index contributed by atoms with van der Waals surface area (Å²) in [6.07, 6.45) is 1.68. The molecular formula is C24H17N3O2. The highest BCUT2D eigenvalue weighted by Crippen LogP contribution is 2.29. The molecule has 0 amide bonds. The quantitative estimate of drug-likeness (QED) is 0.401. The monoisotopic (exact) mass is 379 g/mol. The molecule has 2 aromatic heterocycles. The summed E-state index contributed by atoms with van der Waals surface area (Å²) in [5, 5.41) is 9.19. The maximum absolute atomic E-state index is 12.3. The van der Waals surface area contributed by atoms with E-state index in [1.807, 2.05) is 54.6 Å². The van der Waals surface area contributed by atoms with Crippen molar-refractivity contribution in [2.24, 2.45) is 7.05 Å². The molecule has 0 unspecified atom stereocenters. The lowest BCUT2D eigenvalue weighted by Crippen LogP contribution is -2.02. The standard InChI is InChI=1S/C18H13N3O2.C6H4/c1-21-19-11-16(20-21)13-7-8-14-9-15(12-5-3-2-4-6-12)18(22)23-17(14)10-13;1-2-6-4-3-5(1)6/h2-11H,1H3;1-4H. The van der Waals surface area contributed by atoms with Crippen LogP contribution >= 0.6 is 0 Å². The third-order valence-corrected chi connectivity index (χ3v) is 4.93. The van der Waals surface area contributed by atoms with Crippen LogP contribution in [0.5, 0.6) is 0 Å². The van der Waals surface area contributed by atoms with Gasteiger partial charge in [-0.2, -0.15) is 15.0 Å². The lowest BCUT2D eigenvalue weighted by atomic mass is 9.95. The summed E-state index contributed by atoms with van der Waals surface area (Å²) in [5.74, 6) is 0. The first kappa shape index (κ1) is 17.1. The zero-order valence-corrected chi connectivity index (χ0v) is 15.7. The Morgan fingerprint density at radius 1 is 0.793 bits per heavy atom. The van der Waals surface area contributed by atoms with E-state index in [2.05, 4.69) is 34.5 Å². The van der Waals surface area contributed by atoms with E-state index < -0.39 is 0 Å². The predicted octanol–water partition coefficient (Wildman–Crippen LogP) is 4.92. The van der Waals surface area contributed by atoms with Crippen molar-refractivity contribution in [3.63, 3.8) is 0 Å². The van der Waals surface area contributed by atoms with Crippen LogP contribution in [0.2, 0.25) is 0 Å². The van der Waals surface area contributed by atoms with E-state index in [1.54, 1.807) is 13.2 Å². The van der Waals surface area contributed by atoms with E-state index in [0.717, 1.165) is 22.2 Å². The second-order valence-corrected chi connectivity index (χ2v) is 6.86. The van der Waals surface area contributed by atoms with Crippen LogP contribution in [0.25, 0.3) is 44.5 Å². The van der Waals surface area contributed by atoms with Crippen LogP contribution in [0, 0.1) is 0 Å². The van der Waals surface area contributed by atoms with Crippen molar-refractivity contribution < 1.29 is 4.42 Å². The molecule has 140 valence electrons. The van der Waals surface area contributed by atoms with Crippen molar-refractivity contribution in [3.05, 3.63) is 95.5 Å². The Morgan fingerprint density at radius 2 is 1.48 bits per heavy atom. The minimum Gasteiger partial charge on any atom is -0.422 e. The summed E-state index contributed by atoms with van der Waals surface area (Å²) in [6, 6.07) is 25.5. The molecule has 0 bridgehead atoms. The van der Waals surface area contributed by atoms with Gasteiger partial charge in [0.15, 0.2) is 0 Å². The summed E-state index contributed by atoms with van der Waals surface area (Å²) < 4.78 is 5.51. The van der Waals surface area contributed by atoms with Gasteiger partial charge in [0.2, 0.25) is 0 Å². The fourth-order valence-electron chi connectivity index (χ4n) is 3.23. The second kappa shape index (κ2) is 6.87. The molecule has 0 spiro atoms. The maximum Gasteiger partial charge on any atom is 0.344 e. The number of nitrogens with zero attached hydrogens (tertiary/aromatic N) is 3. The van der Waals surface area contributed by atoms with Gasteiger partial charge < -0.3 is 4.42 Å². The maximum atomic E-state index is 12.3. The van der Waals surface area contributed by atoms with Crippen molar-refractivity contribution in [2.45, 2.75) is 0 Å². The van der Waals surface area contributed by atoms with Crippen LogP contribution in [0.4, 0.5) is 0 Å². The first-order chi connectivity index (χ1) is 14.2. The molecule has 5 heteroatoms. The molecule has 0 radical (unpaired) electrons.